The van der Waals surface area contributed by atoms with Crippen LogP contribution in [0.15, 0.2) is 18.3 Å². The van der Waals surface area contributed by atoms with Gasteiger partial charge < -0.3 is 10.1 Å². The molecule has 0 aliphatic rings. The normalized spacial score (nSPS) is 12.8. The van der Waals surface area contributed by atoms with Gasteiger partial charge in [0.05, 0.1) is 6.61 Å². The first-order valence-electron chi connectivity index (χ1n) is 6.08. The van der Waals surface area contributed by atoms with E-state index in [-0.39, 0.29) is 5.56 Å². The number of hydrogen-bond acceptors (Lipinski definition) is 3. The van der Waals surface area contributed by atoms with Crippen LogP contribution in [0.25, 0.3) is 0 Å². The van der Waals surface area contributed by atoms with Crippen molar-refractivity contribution in [3.63, 3.8) is 0 Å². The van der Waals surface area contributed by atoms with Gasteiger partial charge in [0, 0.05) is 12.7 Å². The Labute approximate surface area is 117 Å². The van der Waals surface area contributed by atoms with Crippen molar-refractivity contribution in [2.45, 2.75) is 38.4 Å². The van der Waals surface area contributed by atoms with Crippen LogP contribution in [0.5, 0.6) is 0 Å². The summed E-state index contributed by atoms with van der Waals surface area (Å²) in [4.78, 5) is 3.86. The molecule has 0 aromatic carbocycles. The number of aromatic nitrogens is 1. The lowest BCUT2D eigenvalue weighted by Gasteiger charge is -2.23. The maximum Gasteiger partial charge on any atom is 0.423 e. The van der Waals surface area contributed by atoms with Crippen molar-refractivity contribution in [3.05, 3.63) is 23.9 Å². The van der Waals surface area contributed by atoms with Crippen LogP contribution in [-0.2, 0) is 11.3 Å². The number of alkyl halides is 6. The Balaban J connectivity index is 2.64. The van der Waals surface area contributed by atoms with E-state index in [1.165, 1.54) is 18.3 Å². The Morgan fingerprint density at radius 2 is 1.76 bits per heavy atom. The maximum atomic E-state index is 12.3. The molecule has 0 atom stereocenters. The Hall–Kier alpha value is -1.51. The van der Waals surface area contributed by atoms with Crippen molar-refractivity contribution in [2.75, 3.05) is 11.9 Å². The smallest absolute Gasteiger partial charge is 0.370 e. The van der Waals surface area contributed by atoms with Crippen molar-refractivity contribution in [2.24, 2.45) is 0 Å². The second kappa shape index (κ2) is 6.97. The molecule has 21 heavy (non-hydrogen) atoms. The largest absolute Gasteiger partial charge is 0.423 e. The van der Waals surface area contributed by atoms with Gasteiger partial charge in [-0.15, -0.1) is 0 Å². The van der Waals surface area contributed by atoms with E-state index >= 15 is 0 Å². The van der Waals surface area contributed by atoms with E-state index in [1.807, 2.05) is 6.92 Å². The van der Waals surface area contributed by atoms with Gasteiger partial charge in [0.25, 0.3) is 0 Å². The second-order valence-electron chi connectivity index (χ2n) is 4.25. The fourth-order valence-corrected chi connectivity index (χ4v) is 1.42. The highest BCUT2D eigenvalue weighted by Crippen LogP contribution is 2.36. The number of anilines is 1. The Morgan fingerprint density at radius 1 is 1.14 bits per heavy atom. The number of halogens is 6. The molecule has 1 heterocycles. The SMILES string of the molecule is CCCNc1ccc(COC(C(F)(F)F)C(F)(F)F)cn1. The molecule has 0 aliphatic heterocycles. The minimum Gasteiger partial charge on any atom is -0.370 e. The van der Waals surface area contributed by atoms with Crippen LogP contribution in [0.1, 0.15) is 18.9 Å². The third kappa shape index (κ3) is 5.78. The zero-order valence-electron chi connectivity index (χ0n) is 11.1. The third-order valence-electron chi connectivity index (χ3n) is 2.39. The highest BCUT2D eigenvalue weighted by Gasteiger charge is 2.57. The lowest BCUT2D eigenvalue weighted by Crippen LogP contribution is -2.44. The van der Waals surface area contributed by atoms with E-state index in [9.17, 15) is 26.3 Å². The van der Waals surface area contributed by atoms with Crippen molar-refractivity contribution in [1.82, 2.24) is 4.98 Å². The van der Waals surface area contributed by atoms with Crippen molar-refractivity contribution >= 4 is 5.82 Å². The van der Waals surface area contributed by atoms with Gasteiger partial charge in [0.2, 0.25) is 6.10 Å². The molecule has 0 unspecified atom stereocenters. The molecule has 120 valence electrons. The van der Waals surface area contributed by atoms with Crippen LogP contribution < -0.4 is 5.32 Å². The quantitative estimate of drug-likeness (QED) is 0.808. The first kappa shape index (κ1) is 17.5. The molecule has 0 fully saturated rings. The predicted octanol–water partition coefficient (Wildman–Crippen LogP) is 3.91. The van der Waals surface area contributed by atoms with Crippen LogP contribution in [-0.4, -0.2) is 30.0 Å². The average Bonchev–Trinajstić information content (AvgIpc) is 2.34. The zero-order valence-corrected chi connectivity index (χ0v) is 11.1. The minimum atomic E-state index is -5.51. The highest BCUT2D eigenvalue weighted by atomic mass is 19.4. The molecule has 1 aromatic rings. The van der Waals surface area contributed by atoms with Crippen molar-refractivity contribution < 1.29 is 31.1 Å². The van der Waals surface area contributed by atoms with Crippen LogP contribution in [0.2, 0.25) is 0 Å². The molecule has 3 nitrogen and oxygen atoms in total. The summed E-state index contributed by atoms with van der Waals surface area (Å²) in [5.74, 6) is 0.490. The second-order valence-corrected chi connectivity index (χ2v) is 4.25. The van der Waals surface area contributed by atoms with Crippen molar-refractivity contribution in [3.8, 4) is 0 Å². The summed E-state index contributed by atoms with van der Waals surface area (Å²) in [6, 6.07) is 2.82. The van der Waals surface area contributed by atoms with Gasteiger partial charge >= 0.3 is 12.4 Å². The molecule has 1 aromatic heterocycles. The molecule has 0 bridgehead atoms. The molecule has 9 heteroatoms. The topological polar surface area (TPSA) is 34.1 Å². The summed E-state index contributed by atoms with van der Waals surface area (Å²) >= 11 is 0. The van der Waals surface area contributed by atoms with Crippen LogP contribution in [0.4, 0.5) is 32.2 Å². The van der Waals surface area contributed by atoms with Gasteiger partial charge in [0.15, 0.2) is 0 Å². The van der Waals surface area contributed by atoms with Gasteiger partial charge in [-0.2, -0.15) is 26.3 Å². The first-order valence-corrected chi connectivity index (χ1v) is 6.08. The van der Waals surface area contributed by atoms with E-state index in [1.54, 1.807) is 0 Å². The number of rotatable bonds is 6. The molecule has 1 N–H and O–H groups in total. The summed E-state index contributed by atoms with van der Waals surface area (Å²) in [6.07, 6.45) is -12.8. The molecule has 1 rings (SSSR count). The molecule has 0 spiro atoms. The summed E-state index contributed by atoms with van der Waals surface area (Å²) in [5.41, 5.74) is 0.121. The van der Waals surface area contributed by atoms with Crippen molar-refractivity contribution in [1.29, 1.82) is 0 Å². The molecule has 0 saturated heterocycles. The van der Waals surface area contributed by atoms with Gasteiger partial charge in [0.1, 0.15) is 5.82 Å². The number of hydrogen-bond donors (Lipinski definition) is 1. The monoisotopic (exact) mass is 316 g/mol. The molecular formula is C12H14F6N2O. The summed E-state index contributed by atoms with van der Waals surface area (Å²) < 4.78 is 77.5. The highest BCUT2D eigenvalue weighted by molar-refractivity contribution is 5.35. The lowest BCUT2D eigenvalue weighted by molar-refractivity contribution is -0.324. The van der Waals surface area contributed by atoms with Gasteiger partial charge in [-0.3, -0.25) is 0 Å². The fraction of sp³-hybridized carbons (Fsp3) is 0.583. The van der Waals surface area contributed by atoms with Crippen LogP contribution in [0, 0.1) is 0 Å². The third-order valence-corrected chi connectivity index (χ3v) is 2.39. The number of ether oxygens (including phenoxy) is 1. The standard InChI is InChI=1S/C12H14F6N2O/c1-2-5-19-9-4-3-8(6-20-9)7-21-10(11(13,14)15)12(16,17)18/h3-4,6,10H,2,5,7H2,1H3,(H,19,20). The van der Waals surface area contributed by atoms with Crippen LogP contribution >= 0.6 is 0 Å². The maximum absolute atomic E-state index is 12.3. The van der Waals surface area contributed by atoms with E-state index in [0.29, 0.717) is 12.4 Å². The molecule has 0 aliphatic carbocycles. The average molecular weight is 316 g/mol. The van der Waals surface area contributed by atoms with Gasteiger partial charge in [-0.1, -0.05) is 13.0 Å². The zero-order chi connectivity index (χ0) is 16.1. The van der Waals surface area contributed by atoms with E-state index in [0.717, 1.165) is 6.42 Å². The first-order chi connectivity index (χ1) is 9.64. The Kier molecular flexibility index (Phi) is 5.82. The lowest BCUT2D eigenvalue weighted by atomic mass is 10.3. The molecule has 0 amide bonds. The fourth-order valence-electron chi connectivity index (χ4n) is 1.42. The summed E-state index contributed by atoms with van der Waals surface area (Å²) in [7, 11) is 0. The summed E-state index contributed by atoms with van der Waals surface area (Å²) in [6.45, 7) is 1.77. The van der Waals surface area contributed by atoms with Gasteiger partial charge in [-0.05, 0) is 18.1 Å². The predicted molar refractivity (Wildman–Crippen MR) is 63.7 cm³/mol. The van der Waals surface area contributed by atoms with Gasteiger partial charge in [-0.25, -0.2) is 4.98 Å². The Morgan fingerprint density at radius 3 is 2.19 bits per heavy atom. The molecular weight excluding hydrogens is 302 g/mol. The van der Waals surface area contributed by atoms with E-state index < -0.39 is 25.1 Å². The Bertz CT molecular complexity index is 415. The number of nitrogens with zero attached hydrogens (tertiary/aromatic N) is 1. The molecule has 0 radical (unpaired) electrons. The van der Waals surface area contributed by atoms with E-state index in [2.05, 4.69) is 15.0 Å². The van der Waals surface area contributed by atoms with E-state index in [4.69, 9.17) is 0 Å². The molecule has 0 saturated carbocycles. The number of pyridine rings is 1. The minimum absolute atomic E-state index is 0.121. The summed E-state index contributed by atoms with van der Waals surface area (Å²) in [5, 5.41) is 2.92. The number of nitrogens with one attached hydrogen (secondary N) is 1. The van der Waals surface area contributed by atoms with Crippen LogP contribution in [0.3, 0.4) is 0 Å².